The molecule has 0 aromatic heterocycles. The Morgan fingerprint density at radius 1 is 0.385 bits per heavy atom. The van der Waals surface area contributed by atoms with Gasteiger partial charge in [0.25, 0.3) is 0 Å². The van der Waals surface area contributed by atoms with Gasteiger partial charge in [-0.15, -0.1) is 0 Å². The van der Waals surface area contributed by atoms with Gasteiger partial charge in [-0.1, -0.05) is 353 Å². The fraction of sp³-hybridized carbons (Fsp3) is 0.720. The van der Waals surface area contributed by atoms with Gasteiger partial charge in [-0.05, 0) is 96.3 Å². The Labute approximate surface area is 560 Å². The van der Waals surface area contributed by atoms with E-state index in [2.05, 4.69) is 153 Å². The van der Waals surface area contributed by atoms with Crippen molar-refractivity contribution in [3.63, 3.8) is 0 Å². The first-order valence-electron chi connectivity index (χ1n) is 37.9. The van der Waals surface area contributed by atoms with Crippen LogP contribution in [0.2, 0.25) is 0 Å². The molecule has 522 valence electrons. The first-order valence-corrected chi connectivity index (χ1v) is 37.9. The van der Waals surface area contributed by atoms with E-state index in [9.17, 15) is 30.3 Å². The number of carbonyl (C=O) groups excluding carboxylic acids is 1. The summed E-state index contributed by atoms with van der Waals surface area (Å²) in [7, 11) is 0. The minimum atomic E-state index is -1.56. The zero-order chi connectivity index (χ0) is 65.7. The second-order valence-corrected chi connectivity index (χ2v) is 25.7. The van der Waals surface area contributed by atoms with E-state index in [1.165, 1.54) is 173 Å². The molecule has 1 amide bonds. The second-order valence-electron chi connectivity index (χ2n) is 25.7. The van der Waals surface area contributed by atoms with Gasteiger partial charge in [0.2, 0.25) is 5.91 Å². The van der Waals surface area contributed by atoms with E-state index < -0.39 is 49.5 Å². The number of carbonyl (C=O) groups is 1. The predicted molar refractivity (Wildman–Crippen MR) is 391 cm³/mol. The molecule has 1 rings (SSSR count). The summed E-state index contributed by atoms with van der Waals surface area (Å²) in [6, 6.07) is -0.737. The van der Waals surface area contributed by atoms with Crippen LogP contribution in [0.15, 0.2) is 134 Å². The molecular formula is C82H141NO8. The lowest BCUT2D eigenvalue weighted by atomic mass is 9.99. The van der Waals surface area contributed by atoms with Gasteiger partial charge in [0.05, 0.1) is 25.4 Å². The van der Waals surface area contributed by atoms with Crippen LogP contribution in [0.3, 0.4) is 0 Å². The van der Waals surface area contributed by atoms with Crippen molar-refractivity contribution in [1.82, 2.24) is 5.32 Å². The summed E-state index contributed by atoms with van der Waals surface area (Å²) in [6.07, 6.45) is 98.1. The minimum absolute atomic E-state index is 0.148. The van der Waals surface area contributed by atoms with Gasteiger partial charge >= 0.3 is 0 Å². The third kappa shape index (κ3) is 57.5. The molecule has 7 unspecified atom stereocenters. The molecule has 0 aliphatic carbocycles. The summed E-state index contributed by atoms with van der Waals surface area (Å²) in [6.45, 7) is 3.75. The third-order valence-corrected chi connectivity index (χ3v) is 17.3. The van der Waals surface area contributed by atoms with E-state index in [0.29, 0.717) is 12.8 Å². The Hall–Kier alpha value is -3.67. The fourth-order valence-electron chi connectivity index (χ4n) is 11.4. The minimum Gasteiger partial charge on any atom is -0.394 e. The van der Waals surface area contributed by atoms with Gasteiger partial charge in [0.1, 0.15) is 24.4 Å². The first-order chi connectivity index (χ1) is 44.8. The van der Waals surface area contributed by atoms with Crippen molar-refractivity contribution in [1.29, 1.82) is 0 Å². The van der Waals surface area contributed by atoms with Crippen molar-refractivity contribution in [2.24, 2.45) is 0 Å². The average Bonchev–Trinajstić information content (AvgIpc) is 1.58. The van der Waals surface area contributed by atoms with Gasteiger partial charge in [0.15, 0.2) is 6.29 Å². The van der Waals surface area contributed by atoms with E-state index in [0.717, 1.165) is 122 Å². The summed E-state index contributed by atoms with van der Waals surface area (Å²) in [4.78, 5) is 13.2. The number of ether oxygens (including phenoxy) is 2. The second kappa shape index (κ2) is 69.2. The molecule has 0 bridgehead atoms. The van der Waals surface area contributed by atoms with Crippen LogP contribution in [-0.4, -0.2) is 87.5 Å². The number of rotatable bonds is 65. The molecule has 0 saturated carbocycles. The molecule has 1 saturated heterocycles. The van der Waals surface area contributed by atoms with Gasteiger partial charge in [-0.3, -0.25) is 4.79 Å². The van der Waals surface area contributed by atoms with Gasteiger partial charge in [-0.25, -0.2) is 0 Å². The molecular weight excluding hydrogens is 1130 g/mol. The summed E-state index contributed by atoms with van der Waals surface area (Å²) < 4.78 is 11.4. The zero-order valence-electron chi connectivity index (χ0n) is 58.6. The topological polar surface area (TPSA) is 149 Å². The smallest absolute Gasteiger partial charge is 0.220 e. The van der Waals surface area contributed by atoms with E-state index in [1.54, 1.807) is 0 Å². The molecule has 7 atom stereocenters. The van der Waals surface area contributed by atoms with E-state index in [-0.39, 0.29) is 12.5 Å². The SMILES string of the molecule is CC/C=C\C/C=C\C/C=C\C/C=C\C/C=C\C/C=C\C/C=C\C/C=C\C/C=C\C/C=C\C/C=C\CCCCCCCCCC(=O)NC(COC1OC(CO)C(O)C(O)C1O)C(O)CCCCCCCCCCCCCCCCCCCCCCCCCCCCC. The maximum Gasteiger partial charge on any atom is 0.220 e. The summed E-state index contributed by atoms with van der Waals surface area (Å²) in [5.41, 5.74) is 0. The third-order valence-electron chi connectivity index (χ3n) is 17.3. The summed E-state index contributed by atoms with van der Waals surface area (Å²) >= 11 is 0. The normalized spacial score (nSPS) is 18.5. The van der Waals surface area contributed by atoms with Crippen molar-refractivity contribution in [3.05, 3.63) is 134 Å². The maximum atomic E-state index is 13.2. The number of hydrogen-bond acceptors (Lipinski definition) is 8. The molecule has 91 heavy (non-hydrogen) atoms. The number of nitrogens with one attached hydrogen (secondary N) is 1. The van der Waals surface area contributed by atoms with Gasteiger partial charge in [0, 0.05) is 6.42 Å². The molecule has 1 fully saturated rings. The Morgan fingerprint density at radius 2 is 0.681 bits per heavy atom. The predicted octanol–water partition coefficient (Wildman–Crippen LogP) is 21.5. The molecule has 0 aromatic rings. The maximum absolute atomic E-state index is 13.2. The van der Waals surface area contributed by atoms with Crippen LogP contribution in [-0.2, 0) is 14.3 Å². The molecule has 9 nitrogen and oxygen atoms in total. The Morgan fingerprint density at radius 3 is 1.01 bits per heavy atom. The van der Waals surface area contributed by atoms with Crippen molar-refractivity contribution < 1.29 is 39.8 Å². The van der Waals surface area contributed by atoms with Crippen LogP contribution >= 0.6 is 0 Å². The van der Waals surface area contributed by atoms with Crippen LogP contribution in [0.5, 0.6) is 0 Å². The first kappa shape index (κ1) is 85.3. The Balaban J connectivity index is 2.13. The number of hydrogen-bond donors (Lipinski definition) is 6. The monoisotopic (exact) mass is 1270 g/mol. The van der Waals surface area contributed by atoms with Gasteiger partial charge in [-0.2, -0.15) is 0 Å². The molecule has 0 spiro atoms. The van der Waals surface area contributed by atoms with Crippen LogP contribution in [0.1, 0.15) is 322 Å². The number of aliphatic hydroxyl groups excluding tert-OH is 5. The summed E-state index contributed by atoms with van der Waals surface area (Å²) in [5.74, 6) is -0.156. The van der Waals surface area contributed by atoms with Crippen molar-refractivity contribution in [2.45, 2.75) is 365 Å². The van der Waals surface area contributed by atoms with Gasteiger partial charge < -0.3 is 40.3 Å². The lowest BCUT2D eigenvalue weighted by Crippen LogP contribution is -2.60. The molecule has 9 heteroatoms. The Kier molecular flexibility index (Phi) is 64.9. The molecule has 0 radical (unpaired) electrons. The lowest BCUT2D eigenvalue weighted by molar-refractivity contribution is -0.302. The molecule has 1 heterocycles. The van der Waals surface area contributed by atoms with Crippen LogP contribution in [0, 0.1) is 0 Å². The Bertz CT molecular complexity index is 1910. The van der Waals surface area contributed by atoms with Crippen molar-refractivity contribution in [2.75, 3.05) is 13.2 Å². The molecule has 0 aromatic carbocycles. The zero-order valence-corrected chi connectivity index (χ0v) is 58.6. The van der Waals surface area contributed by atoms with Crippen molar-refractivity contribution in [3.8, 4) is 0 Å². The summed E-state index contributed by atoms with van der Waals surface area (Å²) in [5, 5.41) is 55.0. The highest BCUT2D eigenvalue weighted by Gasteiger charge is 2.44. The van der Waals surface area contributed by atoms with Crippen LogP contribution in [0.25, 0.3) is 0 Å². The van der Waals surface area contributed by atoms with Crippen LogP contribution < -0.4 is 5.32 Å². The fourth-order valence-corrected chi connectivity index (χ4v) is 11.4. The van der Waals surface area contributed by atoms with E-state index in [1.807, 2.05) is 0 Å². The van der Waals surface area contributed by atoms with Crippen LogP contribution in [0.4, 0.5) is 0 Å². The highest BCUT2D eigenvalue weighted by atomic mass is 16.7. The molecule has 1 aliphatic heterocycles. The molecule has 1 aliphatic rings. The van der Waals surface area contributed by atoms with Crippen molar-refractivity contribution >= 4 is 5.91 Å². The number of amides is 1. The van der Waals surface area contributed by atoms with E-state index in [4.69, 9.17) is 9.47 Å². The quantitative estimate of drug-likeness (QED) is 0.0261. The number of unbranched alkanes of at least 4 members (excludes halogenated alkanes) is 33. The highest BCUT2D eigenvalue weighted by molar-refractivity contribution is 5.76. The number of allylic oxidation sites excluding steroid dienone is 22. The standard InChI is InChI=1S/C82H141NO8/c1-3-5-7-9-11-13-15-17-19-21-23-25-27-29-31-32-33-34-35-36-37-38-39-40-41-42-43-44-46-48-50-52-54-56-58-60-62-64-66-68-70-72-78(86)83-75(74-90-82-81(89)80(88)79(87)77(73-84)91-82)76(85)71-69-67-65-63-61-59-57-55-53-51-49-47-45-30-28-26-24-22-20-18-16-14-12-10-8-6-4-2/h5,7,11,13,17,19,23,25,29,31,33-34,36-37,39-40,42-43,46,48,52,54,75-77,79-82,84-85,87-89H,3-4,6,8-10,12,14-16,18,20-22,24,26-28,30,32,35,38,41,44-45,47,49-51,53,55-74H2,1-2H3,(H,83,86)/b7-5-,13-11-,19-17-,25-23-,31-29-,34-33-,37-36-,40-39-,43-42-,48-46-,54-52-. The molecule has 6 N–H and O–H groups in total. The van der Waals surface area contributed by atoms with E-state index >= 15 is 0 Å². The largest absolute Gasteiger partial charge is 0.394 e. The highest BCUT2D eigenvalue weighted by Crippen LogP contribution is 2.24. The lowest BCUT2D eigenvalue weighted by Gasteiger charge is -2.40. The number of aliphatic hydroxyl groups is 5. The average molecular weight is 1270 g/mol.